The molecular formula is C14H13N3O3S. The van der Waals surface area contributed by atoms with Crippen LogP contribution < -0.4 is 11.1 Å². The smallest absolute Gasteiger partial charge is 0.267 e. The summed E-state index contributed by atoms with van der Waals surface area (Å²) < 4.78 is 0.902. The lowest BCUT2D eigenvalue weighted by Gasteiger charge is -2.31. The molecule has 3 rings (SSSR count). The third-order valence-electron chi connectivity index (χ3n) is 3.51. The third-order valence-corrected chi connectivity index (χ3v) is 4.69. The molecule has 1 fully saturated rings. The summed E-state index contributed by atoms with van der Waals surface area (Å²) in [6.45, 7) is 1.45. The summed E-state index contributed by atoms with van der Waals surface area (Å²) >= 11 is 1.27. The summed E-state index contributed by atoms with van der Waals surface area (Å²) in [6.07, 6.45) is 0. The van der Waals surface area contributed by atoms with Crippen LogP contribution >= 0.6 is 11.3 Å². The number of fused-ring (bicyclic) bond motifs is 1. The highest BCUT2D eigenvalue weighted by atomic mass is 32.1. The number of benzene rings is 1. The largest absolute Gasteiger partial charge is 0.397 e. The Bertz CT molecular complexity index is 768. The van der Waals surface area contributed by atoms with E-state index < -0.39 is 17.9 Å². The van der Waals surface area contributed by atoms with E-state index in [-0.39, 0.29) is 12.5 Å². The van der Waals surface area contributed by atoms with Crippen LogP contribution in [0, 0.1) is 0 Å². The van der Waals surface area contributed by atoms with Gasteiger partial charge in [0.25, 0.3) is 5.91 Å². The van der Waals surface area contributed by atoms with Crippen molar-refractivity contribution in [2.24, 2.45) is 0 Å². The van der Waals surface area contributed by atoms with Gasteiger partial charge in [-0.2, -0.15) is 0 Å². The van der Waals surface area contributed by atoms with Crippen molar-refractivity contribution < 1.29 is 14.4 Å². The summed E-state index contributed by atoms with van der Waals surface area (Å²) in [5, 5.41) is 3.02. The van der Waals surface area contributed by atoms with Crippen molar-refractivity contribution >= 4 is 44.8 Å². The number of anilines is 1. The summed E-state index contributed by atoms with van der Waals surface area (Å²) in [4.78, 5) is 37.4. The number of nitrogens with zero attached hydrogens (tertiary/aromatic N) is 1. The third kappa shape index (κ3) is 2.15. The van der Waals surface area contributed by atoms with Gasteiger partial charge in [0, 0.05) is 10.1 Å². The van der Waals surface area contributed by atoms with Gasteiger partial charge >= 0.3 is 0 Å². The van der Waals surface area contributed by atoms with E-state index in [0.29, 0.717) is 10.6 Å². The number of hydrogen-bond donors (Lipinski definition) is 2. The van der Waals surface area contributed by atoms with Gasteiger partial charge in [-0.1, -0.05) is 18.2 Å². The number of nitrogen functional groups attached to an aromatic ring is 1. The molecular weight excluding hydrogens is 290 g/mol. The normalized spacial score (nSPS) is 18.9. The van der Waals surface area contributed by atoms with Crippen LogP contribution in [0.4, 0.5) is 5.69 Å². The zero-order valence-electron chi connectivity index (χ0n) is 11.3. The van der Waals surface area contributed by atoms with Crippen molar-refractivity contribution in [1.29, 1.82) is 0 Å². The predicted molar refractivity (Wildman–Crippen MR) is 79.9 cm³/mol. The fourth-order valence-corrected chi connectivity index (χ4v) is 3.40. The Labute approximate surface area is 124 Å². The van der Waals surface area contributed by atoms with Crippen LogP contribution in [0.2, 0.25) is 0 Å². The first-order valence-corrected chi connectivity index (χ1v) is 7.22. The second kappa shape index (κ2) is 4.85. The Morgan fingerprint density at radius 3 is 2.81 bits per heavy atom. The number of hydrogen-bond acceptors (Lipinski definition) is 5. The van der Waals surface area contributed by atoms with E-state index in [0.717, 1.165) is 10.1 Å². The minimum absolute atomic E-state index is 0.139. The Morgan fingerprint density at radius 2 is 2.10 bits per heavy atom. The maximum absolute atomic E-state index is 12.6. The van der Waals surface area contributed by atoms with Gasteiger partial charge in [-0.15, -0.1) is 11.3 Å². The van der Waals surface area contributed by atoms with E-state index in [2.05, 4.69) is 5.32 Å². The average Bonchev–Trinajstić information content (AvgIpc) is 2.80. The van der Waals surface area contributed by atoms with Crippen molar-refractivity contribution in [2.45, 2.75) is 13.0 Å². The molecule has 2 heterocycles. The van der Waals surface area contributed by atoms with Gasteiger partial charge in [-0.05, 0) is 13.0 Å². The average molecular weight is 303 g/mol. The molecule has 1 saturated heterocycles. The van der Waals surface area contributed by atoms with Crippen LogP contribution in [-0.2, 0) is 9.59 Å². The van der Waals surface area contributed by atoms with Crippen molar-refractivity contribution in [3.63, 3.8) is 0 Å². The lowest BCUT2D eigenvalue weighted by molar-refractivity contribution is -0.138. The maximum Gasteiger partial charge on any atom is 0.267 e. The number of nitrogens with one attached hydrogen (secondary N) is 1. The van der Waals surface area contributed by atoms with Crippen LogP contribution in [0.1, 0.15) is 16.6 Å². The number of carbonyl (C=O) groups is 3. The van der Waals surface area contributed by atoms with Gasteiger partial charge in [0.05, 0.1) is 5.69 Å². The molecule has 7 heteroatoms. The van der Waals surface area contributed by atoms with Crippen LogP contribution in [0.15, 0.2) is 24.3 Å². The van der Waals surface area contributed by atoms with Crippen LogP contribution in [0.25, 0.3) is 10.1 Å². The molecule has 108 valence electrons. The topological polar surface area (TPSA) is 92.5 Å². The zero-order valence-corrected chi connectivity index (χ0v) is 12.1. The van der Waals surface area contributed by atoms with E-state index >= 15 is 0 Å². The lowest BCUT2D eigenvalue weighted by Crippen LogP contribution is -2.58. The molecule has 0 saturated carbocycles. The van der Waals surface area contributed by atoms with E-state index in [1.807, 2.05) is 24.3 Å². The van der Waals surface area contributed by atoms with Crippen LogP contribution in [-0.4, -0.2) is 35.2 Å². The molecule has 1 atom stereocenters. The van der Waals surface area contributed by atoms with E-state index in [9.17, 15) is 14.4 Å². The van der Waals surface area contributed by atoms with Gasteiger partial charge in [0.1, 0.15) is 17.5 Å². The minimum Gasteiger partial charge on any atom is -0.397 e. The monoisotopic (exact) mass is 303 g/mol. The Morgan fingerprint density at radius 1 is 1.38 bits per heavy atom. The van der Waals surface area contributed by atoms with Gasteiger partial charge in [-0.3, -0.25) is 19.7 Å². The van der Waals surface area contributed by atoms with Crippen LogP contribution in [0.3, 0.4) is 0 Å². The fourth-order valence-electron chi connectivity index (χ4n) is 2.32. The van der Waals surface area contributed by atoms with E-state index in [4.69, 9.17) is 5.73 Å². The first-order chi connectivity index (χ1) is 9.99. The Balaban J connectivity index is 2.02. The minimum atomic E-state index is -0.695. The molecule has 1 aromatic carbocycles. The van der Waals surface area contributed by atoms with E-state index in [1.165, 1.54) is 16.2 Å². The summed E-state index contributed by atoms with van der Waals surface area (Å²) in [7, 11) is 0. The number of thiophene rings is 1. The molecule has 1 aromatic heterocycles. The maximum atomic E-state index is 12.6. The van der Waals surface area contributed by atoms with Crippen LogP contribution in [0.5, 0.6) is 0 Å². The predicted octanol–water partition coefficient (Wildman–Crippen LogP) is 0.971. The number of rotatable bonds is 1. The molecule has 21 heavy (non-hydrogen) atoms. The SMILES string of the molecule is CC1C(=O)NC(=O)CN1C(=O)c1sc2ccccc2c1N. The lowest BCUT2D eigenvalue weighted by atomic mass is 10.1. The second-order valence-electron chi connectivity index (χ2n) is 4.86. The molecule has 3 N–H and O–H groups in total. The number of nitrogens with two attached hydrogens (primary N) is 1. The molecule has 0 radical (unpaired) electrons. The quantitative estimate of drug-likeness (QED) is 0.768. The number of piperazine rings is 1. The molecule has 1 unspecified atom stereocenters. The molecule has 1 aliphatic heterocycles. The van der Waals surface area contributed by atoms with Gasteiger partial charge in [0.2, 0.25) is 11.8 Å². The van der Waals surface area contributed by atoms with Gasteiger partial charge in [0.15, 0.2) is 0 Å². The zero-order chi connectivity index (χ0) is 15.1. The standard InChI is InChI=1S/C14H13N3O3S/c1-7-13(19)16-10(18)6-17(7)14(20)12-11(15)8-4-2-3-5-9(8)21-12/h2-5,7H,6,15H2,1H3,(H,16,18,19). The number of imide groups is 1. The van der Waals surface area contributed by atoms with E-state index in [1.54, 1.807) is 6.92 Å². The molecule has 0 bridgehead atoms. The summed E-state index contributed by atoms with van der Waals surface area (Å²) in [5.74, 6) is -1.34. The molecule has 1 aliphatic rings. The second-order valence-corrected chi connectivity index (χ2v) is 5.91. The first-order valence-electron chi connectivity index (χ1n) is 6.40. The number of amides is 3. The van der Waals surface area contributed by atoms with Crippen molar-refractivity contribution in [2.75, 3.05) is 12.3 Å². The van der Waals surface area contributed by atoms with Crippen molar-refractivity contribution in [1.82, 2.24) is 10.2 Å². The highest BCUT2D eigenvalue weighted by Crippen LogP contribution is 2.34. The molecule has 6 nitrogen and oxygen atoms in total. The van der Waals surface area contributed by atoms with Gasteiger partial charge in [-0.25, -0.2) is 0 Å². The summed E-state index contributed by atoms with van der Waals surface area (Å²) in [6, 6.07) is 6.74. The highest BCUT2D eigenvalue weighted by Gasteiger charge is 2.35. The molecule has 0 spiro atoms. The molecule has 0 aliphatic carbocycles. The Hall–Kier alpha value is -2.41. The molecule has 2 aromatic rings. The number of carbonyl (C=O) groups excluding carboxylic acids is 3. The molecule has 3 amide bonds. The highest BCUT2D eigenvalue weighted by molar-refractivity contribution is 7.21. The fraction of sp³-hybridized carbons (Fsp3) is 0.214. The first kappa shape index (κ1) is 13.6. The van der Waals surface area contributed by atoms with Crippen molar-refractivity contribution in [3.8, 4) is 0 Å². The Kier molecular flexibility index (Phi) is 3.13. The summed E-state index contributed by atoms with van der Waals surface area (Å²) in [5.41, 5.74) is 6.43. The van der Waals surface area contributed by atoms with Gasteiger partial charge < -0.3 is 10.6 Å². The van der Waals surface area contributed by atoms with Crippen molar-refractivity contribution in [3.05, 3.63) is 29.1 Å².